The summed E-state index contributed by atoms with van der Waals surface area (Å²) in [7, 11) is -4.22. The minimum absolute atomic E-state index is 0.0515. The summed E-state index contributed by atoms with van der Waals surface area (Å²) in [5.74, 6) is -2.10. The lowest BCUT2D eigenvalue weighted by Gasteiger charge is -2.33. The fraction of sp³-hybridized carbons (Fsp3) is 0.250. The van der Waals surface area contributed by atoms with E-state index in [1.807, 2.05) is 0 Å². The third-order valence-electron chi connectivity index (χ3n) is 5.15. The molecule has 1 fully saturated rings. The fourth-order valence-electron chi connectivity index (χ4n) is 3.50. The van der Waals surface area contributed by atoms with Crippen LogP contribution in [0.25, 0.3) is 11.0 Å². The predicted molar refractivity (Wildman–Crippen MR) is 107 cm³/mol. The second-order valence-corrected chi connectivity index (χ2v) is 9.26. The Morgan fingerprint density at radius 3 is 2.47 bits per heavy atom. The third kappa shape index (κ3) is 3.46. The topological polar surface area (TPSA) is 70.8 Å². The van der Waals surface area contributed by atoms with Crippen LogP contribution in [0.3, 0.4) is 0 Å². The van der Waals surface area contributed by atoms with Gasteiger partial charge in [-0.05, 0) is 31.2 Å². The molecule has 1 aliphatic rings. The van der Waals surface area contributed by atoms with Crippen LogP contribution in [0.15, 0.2) is 45.7 Å². The summed E-state index contributed by atoms with van der Waals surface area (Å²) in [6.45, 7) is 1.81. The van der Waals surface area contributed by atoms with E-state index in [4.69, 9.17) is 16.0 Å². The number of sulfonamides is 1. The Labute approximate surface area is 176 Å². The Kier molecular flexibility index (Phi) is 5.29. The normalized spacial score (nSPS) is 15.7. The maximum absolute atomic E-state index is 14.0. The van der Waals surface area contributed by atoms with Crippen molar-refractivity contribution in [1.29, 1.82) is 0 Å². The Morgan fingerprint density at radius 2 is 1.80 bits per heavy atom. The van der Waals surface area contributed by atoms with Gasteiger partial charge in [0.05, 0.1) is 5.02 Å². The molecule has 0 spiro atoms. The minimum atomic E-state index is -4.22. The molecule has 158 valence electrons. The zero-order chi connectivity index (χ0) is 21.6. The maximum Gasteiger partial charge on any atom is 0.289 e. The molecule has 1 amide bonds. The summed E-state index contributed by atoms with van der Waals surface area (Å²) in [5.41, 5.74) is 1.07. The Morgan fingerprint density at radius 1 is 1.10 bits per heavy atom. The Hall–Kier alpha value is -2.49. The maximum atomic E-state index is 14.0. The van der Waals surface area contributed by atoms with Gasteiger partial charge in [0.2, 0.25) is 10.0 Å². The van der Waals surface area contributed by atoms with Crippen molar-refractivity contribution >= 4 is 38.5 Å². The number of rotatable bonds is 3. The Bertz CT molecular complexity index is 1250. The van der Waals surface area contributed by atoms with Gasteiger partial charge >= 0.3 is 0 Å². The molecule has 0 saturated carbocycles. The Balaban J connectivity index is 1.54. The number of fused-ring (bicyclic) bond motifs is 1. The lowest BCUT2D eigenvalue weighted by atomic mass is 10.1. The number of aryl methyl sites for hydroxylation is 1. The van der Waals surface area contributed by atoms with Crippen LogP contribution < -0.4 is 0 Å². The van der Waals surface area contributed by atoms with Crippen molar-refractivity contribution in [3.05, 3.63) is 64.4 Å². The fourth-order valence-corrected chi connectivity index (χ4v) is 5.21. The quantitative estimate of drug-likeness (QED) is 0.603. The molecule has 1 aliphatic heterocycles. The molecular formula is C20H17ClF2N2O4S. The molecule has 0 unspecified atom stereocenters. The van der Waals surface area contributed by atoms with Crippen LogP contribution in [0.1, 0.15) is 16.1 Å². The first kappa shape index (κ1) is 20.8. The summed E-state index contributed by atoms with van der Waals surface area (Å²) in [5, 5.41) is 1.12. The largest absolute Gasteiger partial charge is 0.449 e. The van der Waals surface area contributed by atoms with Crippen molar-refractivity contribution in [2.24, 2.45) is 0 Å². The van der Waals surface area contributed by atoms with Gasteiger partial charge in [0, 0.05) is 37.1 Å². The summed E-state index contributed by atoms with van der Waals surface area (Å²) in [6, 6.07) is 7.51. The molecule has 1 aromatic heterocycles. The molecule has 10 heteroatoms. The number of amides is 1. The van der Waals surface area contributed by atoms with Crippen LogP contribution >= 0.6 is 11.6 Å². The molecule has 4 rings (SSSR count). The van der Waals surface area contributed by atoms with E-state index in [9.17, 15) is 22.0 Å². The molecule has 6 nitrogen and oxygen atoms in total. The van der Waals surface area contributed by atoms with E-state index in [0.29, 0.717) is 22.2 Å². The SMILES string of the molecule is Cc1c(C(=O)N2CCN(S(=O)(=O)c3cc(F)ccc3F)CC2)oc2c(Cl)cccc12. The zero-order valence-corrected chi connectivity index (χ0v) is 17.4. The molecule has 1 saturated heterocycles. The minimum Gasteiger partial charge on any atom is -0.449 e. The van der Waals surface area contributed by atoms with Gasteiger partial charge in [-0.1, -0.05) is 23.7 Å². The van der Waals surface area contributed by atoms with E-state index in [1.54, 1.807) is 25.1 Å². The van der Waals surface area contributed by atoms with Crippen LogP contribution in [0.5, 0.6) is 0 Å². The molecule has 0 atom stereocenters. The summed E-state index contributed by atoms with van der Waals surface area (Å²) >= 11 is 6.13. The molecule has 30 heavy (non-hydrogen) atoms. The first-order valence-electron chi connectivity index (χ1n) is 9.12. The van der Waals surface area contributed by atoms with Gasteiger partial charge in [-0.25, -0.2) is 17.2 Å². The molecule has 0 radical (unpaired) electrons. The van der Waals surface area contributed by atoms with E-state index in [-0.39, 0.29) is 37.8 Å². The van der Waals surface area contributed by atoms with Crippen molar-refractivity contribution in [1.82, 2.24) is 9.21 Å². The molecular weight excluding hydrogens is 438 g/mol. The number of para-hydroxylation sites is 1. The number of benzene rings is 2. The second kappa shape index (κ2) is 7.64. The van der Waals surface area contributed by atoms with Crippen molar-refractivity contribution in [2.75, 3.05) is 26.2 Å². The molecule has 2 aromatic carbocycles. The van der Waals surface area contributed by atoms with Gasteiger partial charge in [0.25, 0.3) is 5.91 Å². The van der Waals surface area contributed by atoms with Gasteiger partial charge in [0.1, 0.15) is 16.5 Å². The average Bonchev–Trinajstić information content (AvgIpc) is 3.07. The summed E-state index contributed by atoms with van der Waals surface area (Å²) < 4.78 is 59.5. The summed E-state index contributed by atoms with van der Waals surface area (Å²) in [4.78, 5) is 13.7. The van der Waals surface area contributed by atoms with Gasteiger partial charge in [-0.15, -0.1) is 0 Å². The average molecular weight is 455 g/mol. The lowest BCUT2D eigenvalue weighted by Crippen LogP contribution is -2.50. The number of nitrogens with zero attached hydrogens (tertiary/aromatic N) is 2. The van der Waals surface area contributed by atoms with Crippen LogP contribution in [0.2, 0.25) is 5.02 Å². The highest BCUT2D eigenvalue weighted by atomic mass is 35.5. The molecule has 2 heterocycles. The first-order chi connectivity index (χ1) is 14.2. The number of halogens is 3. The number of hydrogen-bond acceptors (Lipinski definition) is 4. The second-order valence-electron chi connectivity index (χ2n) is 6.94. The van der Waals surface area contributed by atoms with E-state index in [0.717, 1.165) is 21.8 Å². The third-order valence-corrected chi connectivity index (χ3v) is 7.36. The number of carbonyl (C=O) groups is 1. The van der Waals surface area contributed by atoms with E-state index in [1.165, 1.54) is 4.90 Å². The predicted octanol–water partition coefficient (Wildman–Crippen LogP) is 3.82. The molecule has 0 bridgehead atoms. The van der Waals surface area contributed by atoms with E-state index < -0.39 is 26.6 Å². The number of hydrogen-bond donors (Lipinski definition) is 0. The van der Waals surface area contributed by atoms with Crippen molar-refractivity contribution in [3.63, 3.8) is 0 Å². The highest BCUT2D eigenvalue weighted by Crippen LogP contribution is 2.31. The monoisotopic (exact) mass is 454 g/mol. The van der Waals surface area contributed by atoms with E-state index in [2.05, 4.69) is 0 Å². The standard InChI is InChI=1S/C20H17ClF2N2O4S/c1-12-14-3-2-4-15(21)19(14)29-18(12)20(26)24-7-9-25(10-8-24)30(27,28)17-11-13(22)5-6-16(17)23/h2-6,11H,7-10H2,1H3. The van der Waals surface area contributed by atoms with Crippen LogP contribution in [-0.2, 0) is 10.0 Å². The van der Waals surface area contributed by atoms with Crippen LogP contribution in [0, 0.1) is 18.6 Å². The number of furan rings is 1. The van der Waals surface area contributed by atoms with E-state index >= 15 is 0 Å². The van der Waals surface area contributed by atoms with Crippen molar-refractivity contribution < 1.29 is 26.4 Å². The number of carbonyl (C=O) groups excluding carboxylic acids is 1. The van der Waals surface area contributed by atoms with Crippen LogP contribution in [0.4, 0.5) is 8.78 Å². The van der Waals surface area contributed by atoms with Gasteiger partial charge in [-0.3, -0.25) is 4.79 Å². The molecule has 3 aromatic rings. The summed E-state index contributed by atoms with van der Waals surface area (Å²) in [6.07, 6.45) is 0. The molecule has 0 aliphatic carbocycles. The lowest BCUT2D eigenvalue weighted by molar-refractivity contribution is 0.0667. The van der Waals surface area contributed by atoms with Gasteiger partial charge < -0.3 is 9.32 Å². The molecule has 0 N–H and O–H groups in total. The highest BCUT2D eigenvalue weighted by Gasteiger charge is 2.34. The van der Waals surface area contributed by atoms with Crippen molar-refractivity contribution in [2.45, 2.75) is 11.8 Å². The van der Waals surface area contributed by atoms with Crippen LogP contribution in [-0.4, -0.2) is 49.7 Å². The van der Waals surface area contributed by atoms with Crippen molar-refractivity contribution in [3.8, 4) is 0 Å². The van der Waals surface area contributed by atoms with Gasteiger partial charge in [-0.2, -0.15) is 4.31 Å². The smallest absolute Gasteiger partial charge is 0.289 e. The first-order valence-corrected chi connectivity index (χ1v) is 10.9. The highest BCUT2D eigenvalue weighted by molar-refractivity contribution is 7.89. The zero-order valence-electron chi connectivity index (χ0n) is 15.9. The number of piperazine rings is 1. The van der Waals surface area contributed by atoms with Gasteiger partial charge in [0.15, 0.2) is 11.3 Å².